The summed E-state index contributed by atoms with van der Waals surface area (Å²) in [6.07, 6.45) is -0.264. The zero-order chi connectivity index (χ0) is 21.9. The average Bonchev–Trinajstić information content (AvgIpc) is 2.59. The summed E-state index contributed by atoms with van der Waals surface area (Å²) in [4.78, 5) is 18.2. The Morgan fingerprint density at radius 2 is 1.79 bits per heavy atom. The molecule has 0 unspecified atom stereocenters. The highest BCUT2D eigenvalue weighted by atomic mass is 16.4. The van der Waals surface area contributed by atoms with Crippen molar-refractivity contribution in [3.8, 4) is 17.2 Å². The quantitative estimate of drug-likeness (QED) is 0.705. The molecule has 5 nitrogen and oxygen atoms in total. The van der Waals surface area contributed by atoms with E-state index in [1.165, 1.54) is 4.90 Å². The Labute approximate surface area is 174 Å². The minimum Gasteiger partial charge on any atom is -0.465 e. The second kappa shape index (κ2) is 8.65. The summed E-state index contributed by atoms with van der Waals surface area (Å²) in [6, 6.07) is 10.3. The van der Waals surface area contributed by atoms with Crippen LogP contribution in [0.25, 0.3) is 11.1 Å². The molecule has 1 aromatic heterocycles. The van der Waals surface area contributed by atoms with Gasteiger partial charge in [-0.2, -0.15) is 5.26 Å². The van der Waals surface area contributed by atoms with Crippen molar-refractivity contribution in [1.82, 2.24) is 9.88 Å². The smallest absolute Gasteiger partial charge is 0.408 e. The maximum Gasteiger partial charge on any atom is 0.408 e. The molecule has 0 aliphatic heterocycles. The van der Waals surface area contributed by atoms with Crippen molar-refractivity contribution < 1.29 is 9.90 Å². The van der Waals surface area contributed by atoms with Crippen LogP contribution < -0.4 is 0 Å². The summed E-state index contributed by atoms with van der Waals surface area (Å²) in [7, 11) is 0. The number of carbonyl (C=O) groups is 1. The van der Waals surface area contributed by atoms with Crippen LogP contribution in [0.15, 0.2) is 24.3 Å². The molecule has 0 aliphatic carbocycles. The molecule has 2 rings (SSSR count). The first kappa shape index (κ1) is 22.4. The van der Waals surface area contributed by atoms with Gasteiger partial charge in [0.15, 0.2) is 0 Å². The lowest BCUT2D eigenvalue weighted by Gasteiger charge is -2.34. The molecule has 0 bridgehead atoms. The fourth-order valence-electron chi connectivity index (χ4n) is 3.45. The molecule has 5 heteroatoms. The Kier molecular flexibility index (Phi) is 6.69. The van der Waals surface area contributed by atoms with Gasteiger partial charge in [0.2, 0.25) is 0 Å². The Hall–Kier alpha value is -2.87. The minimum atomic E-state index is -0.984. The molecule has 1 heterocycles. The number of carboxylic acid groups (broad SMARTS) is 1. The van der Waals surface area contributed by atoms with Gasteiger partial charge in [-0.25, -0.2) is 4.79 Å². The molecule has 0 atom stereocenters. The molecule has 1 N–H and O–H groups in total. The van der Waals surface area contributed by atoms with Crippen molar-refractivity contribution in [3.05, 3.63) is 52.3 Å². The molecule has 0 spiro atoms. The zero-order valence-corrected chi connectivity index (χ0v) is 18.5. The topological polar surface area (TPSA) is 77.2 Å². The third-order valence-electron chi connectivity index (χ3n) is 4.98. The van der Waals surface area contributed by atoms with Crippen LogP contribution in [0.3, 0.4) is 0 Å². The Bertz CT molecular complexity index is 933. The van der Waals surface area contributed by atoms with Crippen molar-refractivity contribution in [3.63, 3.8) is 0 Å². The summed E-state index contributed by atoms with van der Waals surface area (Å²) < 4.78 is 0. The van der Waals surface area contributed by atoms with E-state index >= 15 is 0 Å². The lowest BCUT2D eigenvalue weighted by molar-refractivity contribution is 0.0954. The standard InChI is InChI=1S/C24H31N3O2/c1-15(2)12-21-20(14-27(23(28)29)24(5,6)7)22(19(13-25)17(4)26-21)18-10-8-16(3)9-11-18/h8-11,15H,12,14H2,1-7H3,(H,28,29). The molecular weight excluding hydrogens is 362 g/mol. The van der Waals surface area contributed by atoms with Gasteiger partial charge in [0.05, 0.1) is 17.8 Å². The number of nitriles is 1. The summed E-state index contributed by atoms with van der Waals surface area (Å²) in [5.41, 5.74) is 5.13. The third kappa shape index (κ3) is 5.14. The number of hydrogen-bond acceptors (Lipinski definition) is 3. The van der Waals surface area contributed by atoms with Crippen LogP contribution in [0.4, 0.5) is 4.79 Å². The normalized spacial score (nSPS) is 11.4. The van der Waals surface area contributed by atoms with Gasteiger partial charge < -0.3 is 5.11 Å². The maximum absolute atomic E-state index is 12.0. The van der Waals surface area contributed by atoms with Crippen LogP contribution in [-0.2, 0) is 13.0 Å². The summed E-state index contributed by atoms with van der Waals surface area (Å²) in [5, 5.41) is 19.8. The maximum atomic E-state index is 12.0. The average molecular weight is 394 g/mol. The fourth-order valence-corrected chi connectivity index (χ4v) is 3.45. The van der Waals surface area contributed by atoms with Gasteiger partial charge >= 0.3 is 6.09 Å². The predicted molar refractivity (Wildman–Crippen MR) is 116 cm³/mol. The van der Waals surface area contributed by atoms with E-state index in [1.54, 1.807) is 0 Å². The molecular formula is C24H31N3O2. The largest absolute Gasteiger partial charge is 0.465 e. The number of pyridine rings is 1. The molecule has 0 radical (unpaired) electrons. The Balaban J connectivity index is 2.84. The van der Waals surface area contributed by atoms with Gasteiger partial charge in [-0.3, -0.25) is 9.88 Å². The molecule has 29 heavy (non-hydrogen) atoms. The van der Waals surface area contributed by atoms with Gasteiger partial charge in [-0.1, -0.05) is 43.7 Å². The van der Waals surface area contributed by atoms with E-state index in [2.05, 4.69) is 19.9 Å². The van der Waals surface area contributed by atoms with Crippen molar-refractivity contribution in [2.75, 3.05) is 0 Å². The lowest BCUT2D eigenvalue weighted by atomic mass is 9.89. The van der Waals surface area contributed by atoms with E-state index in [1.807, 2.05) is 58.9 Å². The monoisotopic (exact) mass is 393 g/mol. The van der Waals surface area contributed by atoms with E-state index in [0.29, 0.717) is 17.2 Å². The molecule has 1 aromatic carbocycles. The van der Waals surface area contributed by atoms with Gasteiger partial charge in [-0.15, -0.1) is 0 Å². The molecule has 0 fully saturated rings. The van der Waals surface area contributed by atoms with Crippen molar-refractivity contribution in [1.29, 1.82) is 5.26 Å². The van der Waals surface area contributed by atoms with Gasteiger partial charge in [0, 0.05) is 22.4 Å². The van der Waals surface area contributed by atoms with E-state index in [0.717, 1.165) is 34.4 Å². The third-order valence-corrected chi connectivity index (χ3v) is 4.98. The van der Waals surface area contributed by atoms with Crippen LogP contribution in [0.2, 0.25) is 0 Å². The highest BCUT2D eigenvalue weighted by Gasteiger charge is 2.30. The Morgan fingerprint density at radius 3 is 2.24 bits per heavy atom. The predicted octanol–water partition coefficient (Wildman–Crippen LogP) is 5.71. The number of nitrogens with zero attached hydrogens (tertiary/aromatic N) is 3. The minimum absolute atomic E-state index is 0.187. The fraction of sp³-hybridized carbons (Fsp3) is 0.458. The first-order chi connectivity index (χ1) is 13.5. The van der Waals surface area contributed by atoms with Crippen LogP contribution >= 0.6 is 0 Å². The number of rotatable bonds is 5. The van der Waals surface area contributed by atoms with Crippen LogP contribution in [0.5, 0.6) is 0 Å². The zero-order valence-electron chi connectivity index (χ0n) is 18.5. The number of hydrogen-bond donors (Lipinski definition) is 1. The van der Waals surface area contributed by atoms with Crippen molar-refractivity contribution in [2.24, 2.45) is 5.92 Å². The summed E-state index contributed by atoms with van der Waals surface area (Å²) >= 11 is 0. The summed E-state index contributed by atoms with van der Waals surface area (Å²) in [5.74, 6) is 0.354. The number of amides is 1. The van der Waals surface area contributed by atoms with Crippen LogP contribution in [-0.4, -0.2) is 26.6 Å². The molecule has 0 saturated heterocycles. The first-order valence-corrected chi connectivity index (χ1v) is 9.95. The lowest BCUT2D eigenvalue weighted by Crippen LogP contribution is -2.44. The van der Waals surface area contributed by atoms with Crippen LogP contribution in [0, 0.1) is 31.1 Å². The first-order valence-electron chi connectivity index (χ1n) is 9.95. The highest BCUT2D eigenvalue weighted by molar-refractivity contribution is 5.76. The molecule has 0 saturated carbocycles. The van der Waals surface area contributed by atoms with Gasteiger partial charge in [0.25, 0.3) is 0 Å². The van der Waals surface area contributed by atoms with Gasteiger partial charge in [-0.05, 0) is 52.5 Å². The Morgan fingerprint density at radius 1 is 1.21 bits per heavy atom. The SMILES string of the molecule is Cc1ccc(-c2c(C#N)c(C)nc(CC(C)C)c2CN(C(=O)O)C(C)(C)C)cc1. The number of benzene rings is 1. The van der Waals surface area contributed by atoms with E-state index in [9.17, 15) is 15.2 Å². The van der Waals surface area contributed by atoms with E-state index in [-0.39, 0.29) is 6.54 Å². The number of aromatic nitrogens is 1. The van der Waals surface area contributed by atoms with E-state index in [4.69, 9.17) is 4.98 Å². The van der Waals surface area contributed by atoms with Crippen molar-refractivity contribution in [2.45, 2.75) is 67.0 Å². The molecule has 154 valence electrons. The van der Waals surface area contributed by atoms with E-state index < -0.39 is 11.6 Å². The molecule has 0 aliphatic rings. The van der Waals surface area contributed by atoms with Gasteiger partial charge in [0.1, 0.15) is 6.07 Å². The number of aryl methyl sites for hydroxylation is 2. The van der Waals surface area contributed by atoms with Crippen molar-refractivity contribution >= 4 is 6.09 Å². The summed E-state index contributed by atoms with van der Waals surface area (Å²) in [6.45, 7) is 13.9. The molecule has 1 amide bonds. The second-order valence-corrected chi connectivity index (χ2v) is 8.99. The highest BCUT2D eigenvalue weighted by Crippen LogP contribution is 2.34. The van der Waals surface area contributed by atoms with Crippen LogP contribution in [0.1, 0.15) is 62.7 Å². The second-order valence-electron chi connectivity index (χ2n) is 8.99. The molecule has 2 aromatic rings.